The zero-order chi connectivity index (χ0) is 12.4. The van der Waals surface area contributed by atoms with Gasteiger partial charge in [-0.3, -0.25) is 10.0 Å². The fourth-order valence-electron chi connectivity index (χ4n) is 1.38. The number of hydrogen-bond donors (Lipinski definition) is 3. The number of aromatic nitrogens is 2. The molecule has 0 radical (unpaired) electrons. The third-order valence-corrected chi connectivity index (χ3v) is 2.75. The molecule has 1 amide bonds. The highest BCUT2D eigenvalue weighted by Gasteiger charge is 2.15. The third kappa shape index (κ3) is 2.15. The van der Waals surface area contributed by atoms with Crippen molar-refractivity contribution in [3.8, 4) is 5.69 Å². The summed E-state index contributed by atoms with van der Waals surface area (Å²) in [5.74, 6) is -0.523. The van der Waals surface area contributed by atoms with Crippen LogP contribution in [0.25, 0.3) is 5.69 Å². The first-order valence-corrected chi connectivity index (χ1v) is 5.46. The first kappa shape index (κ1) is 11.6. The molecule has 17 heavy (non-hydrogen) atoms. The van der Waals surface area contributed by atoms with Crippen molar-refractivity contribution < 1.29 is 10.0 Å². The summed E-state index contributed by atoms with van der Waals surface area (Å²) in [5.41, 5.74) is 8.13. The average Bonchev–Trinajstić information content (AvgIpc) is 2.71. The van der Waals surface area contributed by atoms with Gasteiger partial charge in [-0.05, 0) is 24.3 Å². The van der Waals surface area contributed by atoms with Gasteiger partial charge in [0.1, 0.15) is 11.4 Å². The molecule has 0 saturated heterocycles. The van der Waals surface area contributed by atoms with Crippen LogP contribution in [0.15, 0.2) is 34.9 Å². The molecule has 0 aliphatic rings. The molecule has 4 N–H and O–H groups in total. The van der Waals surface area contributed by atoms with Crippen LogP contribution in [-0.2, 0) is 0 Å². The van der Waals surface area contributed by atoms with Gasteiger partial charge >= 0.3 is 0 Å². The van der Waals surface area contributed by atoms with Crippen LogP contribution in [0, 0.1) is 0 Å². The van der Waals surface area contributed by atoms with E-state index in [4.69, 9.17) is 10.9 Å². The van der Waals surface area contributed by atoms with Crippen molar-refractivity contribution in [2.75, 3.05) is 5.73 Å². The van der Waals surface area contributed by atoms with E-state index < -0.39 is 5.91 Å². The summed E-state index contributed by atoms with van der Waals surface area (Å²) in [6.07, 6.45) is 1.29. The number of hydrogen-bond acceptors (Lipinski definition) is 4. The van der Waals surface area contributed by atoms with E-state index >= 15 is 0 Å². The molecule has 0 saturated carbocycles. The quantitative estimate of drug-likeness (QED) is 0.576. The number of nitrogen functional groups attached to an aromatic ring is 1. The van der Waals surface area contributed by atoms with Gasteiger partial charge in [0.25, 0.3) is 5.91 Å². The molecule has 0 atom stereocenters. The number of hydroxylamine groups is 1. The van der Waals surface area contributed by atoms with Crippen molar-refractivity contribution in [3.05, 3.63) is 40.5 Å². The Morgan fingerprint density at radius 2 is 2.06 bits per heavy atom. The Morgan fingerprint density at radius 3 is 2.65 bits per heavy atom. The predicted molar refractivity (Wildman–Crippen MR) is 64.9 cm³/mol. The lowest BCUT2D eigenvalue weighted by Gasteiger charge is -2.04. The molecule has 0 aliphatic heterocycles. The Balaban J connectivity index is 2.44. The van der Waals surface area contributed by atoms with Gasteiger partial charge < -0.3 is 5.73 Å². The van der Waals surface area contributed by atoms with Crippen LogP contribution in [0.2, 0.25) is 0 Å². The van der Waals surface area contributed by atoms with Crippen molar-refractivity contribution in [1.82, 2.24) is 15.3 Å². The maximum atomic E-state index is 11.2. The van der Waals surface area contributed by atoms with Crippen LogP contribution in [0.4, 0.5) is 5.82 Å². The van der Waals surface area contributed by atoms with Crippen molar-refractivity contribution in [2.24, 2.45) is 0 Å². The van der Waals surface area contributed by atoms with E-state index in [2.05, 4.69) is 21.0 Å². The normalized spacial score (nSPS) is 10.2. The molecule has 6 nitrogen and oxygen atoms in total. The molecule has 0 spiro atoms. The number of nitrogens with one attached hydrogen (secondary N) is 1. The van der Waals surface area contributed by atoms with E-state index in [9.17, 15) is 4.79 Å². The SMILES string of the molecule is Nc1c(C(=O)NO)cnn1-c1ccc(Br)cc1. The highest BCUT2D eigenvalue weighted by Crippen LogP contribution is 2.19. The molecule has 7 heteroatoms. The number of benzene rings is 1. The number of amides is 1. The summed E-state index contributed by atoms with van der Waals surface area (Å²) in [5, 5.41) is 12.5. The number of carbonyl (C=O) groups excluding carboxylic acids is 1. The van der Waals surface area contributed by atoms with Crippen LogP contribution in [0.3, 0.4) is 0 Å². The second-order valence-electron chi connectivity index (χ2n) is 3.27. The van der Waals surface area contributed by atoms with Crippen LogP contribution >= 0.6 is 15.9 Å². The van der Waals surface area contributed by atoms with Crippen LogP contribution in [-0.4, -0.2) is 20.9 Å². The maximum absolute atomic E-state index is 11.2. The fourth-order valence-corrected chi connectivity index (χ4v) is 1.65. The average molecular weight is 297 g/mol. The summed E-state index contributed by atoms with van der Waals surface area (Å²) >= 11 is 3.32. The monoisotopic (exact) mass is 296 g/mol. The second kappa shape index (κ2) is 4.56. The molecule has 1 aromatic carbocycles. The second-order valence-corrected chi connectivity index (χ2v) is 4.19. The largest absolute Gasteiger partial charge is 0.383 e. The number of nitrogens with zero attached hydrogens (tertiary/aromatic N) is 2. The van der Waals surface area contributed by atoms with E-state index in [1.165, 1.54) is 16.4 Å². The lowest BCUT2D eigenvalue weighted by atomic mass is 10.3. The zero-order valence-corrected chi connectivity index (χ0v) is 10.2. The predicted octanol–water partition coefficient (Wildman–Crippen LogP) is 1.34. The number of rotatable bonds is 2. The molecule has 0 aliphatic carbocycles. The number of carbonyl (C=O) groups is 1. The van der Waals surface area contributed by atoms with E-state index in [1.807, 2.05) is 12.1 Å². The summed E-state index contributed by atoms with van der Waals surface area (Å²) in [4.78, 5) is 11.2. The zero-order valence-electron chi connectivity index (χ0n) is 8.59. The first-order chi connectivity index (χ1) is 8.13. The molecule has 0 fully saturated rings. The fraction of sp³-hybridized carbons (Fsp3) is 0. The lowest BCUT2D eigenvalue weighted by molar-refractivity contribution is 0.0707. The van der Waals surface area contributed by atoms with Crippen molar-refractivity contribution >= 4 is 27.7 Å². The highest BCUT2D eigenvalue weighted by atomic mass is 79.9. The summed E-state index contributed by atoms with van der Waals surface area (Å²) in [7, 11) is 0. The number of halogens is 1. The first-order valence-electron chi connectivity index (χ1n) is 4.67. The molecule has 88 valence electrons. The molecular weight excluding hydrogens is 288 g/mol. The van der Waals surface area contributed by atoms with E-state index in [0.29, 0.717) is 0 Å². The van der Waals surface area contributed by atoms with E-state index in [0.717, 1.165) is 10.2 Å². The van der Waals surface area contributed by atoms with E-state index in [1.54, 1.807) is 12.1 Å². The standard InChI is InChI=1S/C10H9BrN4O2/c11-6-1-3-7(4-2-6)15-9(12)8(5-13-15)10(16)14-17/h1-5,17H,12H2,(H,14,16). The summed E-state index contributed by atoms with van der Waals surface area (Å²) < 4.78 is 2.34. The Labute approximate surface area is 105 Å². The van der Waals surface area contributed by atoms with Crippen LogP contribution < -0.4 is 11.2 Å². The Morgan fingerprint density at radius 1 is 1.41 bits per heavy atom. The number of anilines is 1. The van der Waals surface area contributed by atoms with Crippen molar-refractivity contribution in [1.29, 1.82) is 0 Å². The van der Waals surface area contributed by atoms with Gasteiger partial charge in [-0.15, -0.1) is 0 Å². The Bertz CT molecular complexity index is 550. The van der Waals surface area contributed by atoms with Gasteiger partial charge in [0.15, 0.2) is 0 Å². The Hall–Kier alpha value is -1.86. The summed E-state index contributed by atoms with van der Waals surface area (Å²) in [6.45, 7) is 0. The summed E-state index contributed by atoms with van der Waals surface area (Å²) in [6, 6.07) is 7.27. The van der Waals surface area contributed by atoms with Gasteiger partial charge in [-0.1, -0.05) is 15.9 Å². The molecular formula is C10H9BrN4O2. The van der Waals surface area contributed by atoms with Gasteiger partial charge in [0.05, 0.1) is 11.9 Å². The van der Waals surface area contributed by atoms with Gasteiger partial charge in [0, 0.05) is 4.47 Å². The van der Waals surface area contributed by atoms with Gasteiger partial charge in [0.2, 0.25) is 0 Å². The van der Waals surface area contributed by atoms with E-state index in [-0.39, 0.29) is 11.4 Å². The van der Waals surface area contributed by atoms with Crippen molar-refractivity contribution in [2.45, 2.75) is 0 Å². The molecule has 1 aromatic heterocycles. The lowest BCUT2D eigenvalue weighted by Crippen LogP contribution is -2.19. The molecule has 2 aromatic rings. The van der Waals surface area contributed by atoms with Gasteiger partial charge in [-0.25, -0.2) is 10.2 Å². The highest BCUT2D eigenvalue weighted by molar-refractivity contribution is 9.10. The van der Waals surface area contributed by atoms with Crippen LogP contribution in [0.5, 0.6) is 0 Å². The smallest absolute Gasteiger partial charge is 0.280 e. The molecule has 0 unspecified atom stereocenters. The third-order valence-electron chi connectivity index (χ3n) is 2.22. The molecule has 1 heterocycles. The minimum atomic E-state index is -0.689. The molecule has 0 bridgehead atoms. The van der Waals surface area contributed by atoms with Crippen molar-refractivity contribution in [3.63, 3.8) is 0 Å². The minimum absolute atomic E-state index is 0.121. The minimum Gasteiger partial charge on any atom is -0.383 e. The van der Waals surface area contributed by atoms with Gasteiger partial charge in [-0.2, -0.15) is 5.10 Å². The maximum Gasteiger partial charge on any atom is 0.280 e. The number of nitrogens with two attached hydrogens (primary N) is 1. The molecule has 2 rings (SSSR count). The Kier molecular flexibility index (Phi) is 3.12. The van der Waals surface area contributed by atoms with Crippen LogP contribution in [0.1, 0.15) is 10.4 Å². The topological polar surface area (TPSA) is 93.2 Å².